The van der Waals surface area contributed by atoms with Crippen LogP contribution in [0, 0.1) is 5.92 Å². The Morgan fingerprint density at radius 3 is 1.80 bits per heavy atom. The predicted octanol–water partition coefficient (Wildman–Crippen LogP) is 3.89. The third-order valence-electron chi connectivity index (χ3n) is 9.12. The molecular formula is C42H67N3O14. The van der Waals surface area contributed by atoms with Crippen LogP contribution in [0.3, 0.4) is 0 Å². The quantitative estimate of drug-likeness (QED) is 0.0592. The molecule has 0 radical (unpaired) electrons. The van der Waals surface area contributed by atoms with Gasteiger partial charge < -0.3 is 49.8 Å². The zero-order valence-electron chi connectivity index (χ0n) is 34.9. The van der Waals surface area contributed by atoms with Gasteiger partial charge in [-0.1, -0.05) is 39.0 Å². The Balaban J connectivity index is 1.94. The molecule has 0 spiro atoms. The summed E-state index contributed by atoms with van der Waals surface area (Å²) in [5.41, 5.74) is 0.207. The summed E-state index contributed by atoms with van der Waals surface area (Å²) in [7, 11) is 0. The minimum atomic E-state index is -1.18. The Bertz CT molecular complexity index is 1370. The summed E-state index contributed by atoms with van der Waals surface area (Å²) < 4.78 is 27.0. The van der Waals surface area contributed by atoms with E-state index in [1.165, 1.54) is 12.1 Å². The van der Waals surface area contributed by atoms with Crippen molar-refractivity contribution >= 4 is 41.2 Å². The van der Waals surface area contributed by atoms with E-state index in [0.29, 0.717) is 38.3 Å². The monoisotopic (exact) mass is 837 g/mol. The summed E-state index contributed by atoms with van der Waals surface area (Å²) in [6, 6.07) is 5.13. The van der Waals surface area contributed by atoms with Gasteiger partial charge >= 0.3 is 11.9 Å². The number of carbonyl (C=O) groups is 7. The lowest BCUT2D eigenvalue weighted by Gasteiger charge is -2.14. The molecule has 1 rings (SSSR count). The molecule has 59 heavy (non-hydrogen) atoms. The molecule has 1 aromatic carbocycles. The predicted molar refractivity (Wildman–Crippen MR) is 217 cm³/mol. The number of carboxylic acids is 2. The number of hydrogen-bond acceptors (Lipinski definition) is 12. The van der Waals surface area contributed by atoms with Gasteiger partial charge in [-0.25, -0.2) is 9.59 Å². The van der Waals surface area contributed by atoms with Crippen molar-refractivity contribution in [2.45, 2.75) is 110 Å². The minimum Gasteiger partial charge on any atom is -0.494 e. The van der Waals surface area contributed by atoms with Crippen LogP contribution in [0.15, 0.2) is 24.3 Å². The molecule has 3 amide bonds. The highest BCUT2D eigenvalue weighted by molar-refractivity contribution is 5.87. The third kappa shape index (κ3) is 30.3. The van der Waals surface area contributed by atoms with Crippen LogP contribution in [-0.4, -0.2) is 130 Å². The Labute approximate surface area is 348 Å². The van der Waals surface area contributed by atoms with Crippen molar-refractivity contribution in [1.29, 1.82) is 0 Å². The van der Waals surface area contributed by atoms with Gasteiger partial charge in [-0.15, -0.1) is 0 Å². The molecule has 0 fully saturated rings. The number of carbonyl (C=O) groups excluding carboxylic acids is 5. The smallest absolute Gasteiger partial charge is 0.335 e. The molecule has 0 unspecified atom stereocenters. The third-order valence-corrected chi connectivity index (χ3v) is 9.12. The van der Waals surface area contributed by atoms with Crippen LogP contribution in [0.25, 0.3) is 0 Å². The van der Waals surface area contributed by atoms with Gasteiger partial charge in [0, 0.05) is 44.9 Å². The van der Waals surface area contributed by atoms with E-state index < -0.39 is 18.0 Å². The van der Waals surface area contributed by atoms with Gasteiger partial charge in [0.15, 0.2) is 0 Å². The number of nitrogens with one attached hydrogen (secondary N) is 3. The van der Waals surface area contributed by atoms with Crippen molar-refractivity contribution in [3.05, 3.63) is 29.8 Å². The molecule has 0 aliphatic carbocycles. The number of aromatic carboxylic acids is 1. The number of aliphatic carboxylic acids is 1. The fourth-order valence-electron chi connectivity index (χ4n) is 5.44. The molecule has 0 bridgehead atoms. The molecular weight excluding hydrogens is 770 g/mol. The average Bonchev–Trinajstić information content (AvgIpc) is 3.20. The van der Waals surface area contributed by atoms with Crippen LogP contribution in [0.5, 0.6) is 5.75 Å². The number of unbranched alkanes of at least 4 members (excludes halogenated alkanes) is 6. The zero-order chi connectivity index (χ0) is 43.5. The van der Waals surface area contributed by atoms with E-state index in [4.69, 9.17) is 28.8 Å². The van der Waals surface area contributed by atoms with Crippen LogP contribution >= 0.6 is 0 Å². The Kier molecular flexibility index (Phi) is 30.7. The number of carboxylic acid groups (broad SMARTS) is 2. The van der Waals surface area contributed by atoms with Crippen LogP contribution < -0.4 is 20.7 Å². The molecule has 0 aromatic heterocycles. The van der Waals surface area contributed by atoms with Crippen LogP contribution in [0.4, 0.5) is 0 Å². The normalized spacial score (nSPS) is 12.0. The van der Waals surface area contributed by atoms with E-state index in [2.05, 4.69) is 16.0 Å². The van der Waals surface area contributed by atoms with E-state index in [1.807, 2.05) is 6.92 Å². The van der Waals surface area contributed by atoms with Gasteiger partial charge in [-0.3, -0.25) is 24.0 Å². The summed E-state index contributed by atoms with van der Waals surface area (Å²) in [4.78, 5) is 82.1. The number of amides is 3. The van der Waals surface area contributed by atoms with E-state index in [0.717, 1.165) is 51.4 Å². The van der Waals surface area contributed by atoms with Crippen molar-refractivity contribution in [2.24, 2.45) is 5.92 Å². The molecule has 17 heteroatoms. The fourth-order valence-corrected chi connectivity index (χ4v) is 5.44. The molecule has 0 aliphatic rings. The van der Waals surface area contributed by atoms with E-state index >= 15 is 0 Å². The van der Waals surface area contributed by atoms with Gasteiger partial charge in [0.25, 0.3) is 0 Å². The summed E-state index contributed by atoms with van der Waals surface area (Å²) in [5.74, 6) is -2.32. The highest BCUT2D eigenvalue weighted by Crippen LogP contribution is 2.14. The maximum Gasteiger partial charge on any atom is 0.335 e. The van der Waals surface area contributed by atoms with Crippen molar-refractivity contribution in [3.8, 4) is 5.75 Å². The van der Waals surface area contributed by atoms with Crippen LogP contribution in [-0.2, 0) is 47.7 Å². The second-order valence-electron chi connectivity index (χ2n) is 14.2. The second-order valence-corrected chi connectivity index (χ2v) is 14.2. The molecule has 0 saturated heterocycles. The van der Waals surface area contributed by atoms with E-state index in [1.54, 1.807) is 19.1 Å². The number of ether oxygens (including phenoxy) is 5. The van der Waals surface area contributed by atoms with Crippen molar-refractivity contribution in [1.82, 2.24) is 16.0 Å². The van der Waals surface area contributed by atoms with Crippen LogP contribution in [0.1, 0.15) is 114 Å². The number of benzene rings is 1. The first-order valence-corrected chi connectivity index (χ1v) is 20.7. The SMILES string of the molecule is CC(=O)[C@@H](C)CCCCNC(=O)COCCOCCNC(=O)COCCOCCCC(=O)CC[C@H](NC(=O)CCCCCCCCOc1ccc(C(=O)O)cc1)C(=O)O. The van der Waals surface area contributed by atoms with E-state index in [9.17, 15) is 38.7 Å². The Hall–Kier alpha value is -4.45. The lowest BCUT2D eigenvalue weighted by Crippen LogP contribution is -2.41. The topological polar surface area (TPSA) is 242 Å². The minimum absolute atomic E-state index is 0.00917. The lowest BCUT2D eigenvalue weighted by molar-refractivity contribution is -0.142. The summed E-state index contributed by atoms with van der Waals surface area (Å²) >= 11 is 0. The first kappa shape index (κ1) is 52.6. The molecule has 0 saturated carbocycles. The standard InChI is InChI=1S/C42H67N3O14/c1-32(33(2)46)12-8-9-21-43-39(49)30-58-29-27-56-25-22-44-40(50)31-57-28-26-55-23-11-13-35(47)17-20-37(42(53)54)45-38(48)14-7-5-3-4-6-10-24-59-36-18-15-34(16-19-36)41(51)52/h15-16,18-19,32,37H,3-14,17,20-31H2,1-2H3,(H,43,49)(H,44,50)(H,45,48)(H,51,52)(H,53,54)/t32-,37-/m0/s1. The first-order valence-electron chi connectivity index (χ1n) is 20.7. The summed E-state index contributed by atoms with van der Waals surface area (Å²) in [5, 5.41) is 26.4. The second kappa shape index (κ2) is 34.4. The Morgan fingerprint density at radius 2 is 1.17 bits per heavy atom. The van der Waals surface area contributed by atoms with Gasteiger partial charge in [-0.05, 0) is 69.7 Å². The van der Waals surface area contributed by atoms with Crippen molar-refractivity contribution in [3.63, 3.8) is 0 Å². The number of Topliss-reactive ketones (excluding diaryl/α,β-unsaturated/α-hetero) is 2. The molecule has 5 N–H and O–H groups in total. The molecule has 334 valence electrons. The first-order chi connectivity index (χ1) is 28.4. The maximum atomic E-state index is 12.3. The summed E-state index contributed by atoms with van der Waals surface area (Å²) in [6.45, 7) is 6.12. The number of ketones is 2. The van der Waals surface area contributed by atoms with Gasteiger partial charge in [0.2, 0.25) is 17.7 Å². The largest absolute Gasteiger partial charge is 0.494 e. The zero-order valence-corrected chi connectivity index (χ0v) is 34.9. The van der Waals surface area contributed by atoms with Crippen molar-refractivity contribution in [2.75, 3.05) is 72.6 Å². The van der Waals surface area contributed by atoms with E-state index in [-0.39, 0.29) is 119 Å². The van der Waals surface area contributed by atoms with Gasteiger partial charge in [0.05, 0.1) is 45.2 Å². The summed E-state index contributed by atoms with van der Waals surface area (Å²) in [6.07, 6.45) is 8.54. The molecule has 17 nitrogen and oxygen atoms in total. The maximum absolute atomic E-state index is 12.3. The fraction of sp³-hybridized carbons (Fsp3) is 0.690. The van der Waals surface area contributed by atoms with Gasteiger partial charge in [-0.2, -0.15) is 0 Å². The van der Waals surface area contributed by atoms with Crippen molar-refractivity contribution < 1.29 is 67.5 Å². The number of hydrogen-bond donors (Lipinski definition) is 5. The lowest BCUT2D eigenvalue weighted by atomic mass is 10.0. The molecule has 1 aromatic rings. The van der Waals surface area contributed by atoms with Crippen LogP contribution in [0.2, 0.25) is 0 Å². The molecule has 0 heterocycles. The Morgan fingerprint density at radius 1 is 0.576 bits per heavy atom. The molecule has 2 atom stereocenters. The highest BCUT2D eigenvalue weighted by Gasteiger charge is 2.21. The van der Waals surface area contributed by atoms with Gasteiger partial charge in [0.1, 0.15) is 36.6 Å². The average molecular weight is 838 g/mol. The highest BCUT2D eigenvalue weighted by atomic mass is 16.5. The molecule has 0 aliphatic heterocycles. The number of rotatable bonds is 39.